The van der Waals surface area contributed by atoms with E-state index < -0.39 is 16.6 Å². The number of carbonyl (C=O) groups is 2. The van der Waals surface area contributed by atoms with E-state index in [1.165, 1.54) is 24.1 Å². The van der Waals surface area contributed by atoms with Crippen LogP contribution in [0.4, 0.5) is 16.2 Å². The van der Waals surface area contributed by atoms with Crippen molar-refractivity contribution >= 4 is 23.4 Å². The Morgan fingerprint density at radius 2 is 2.04 bits per heavy atom. The monoisotopic (exact) mass is 336 g/mol. The van der Waals surface area contributed by atoms with Crippen molar-refractivity contribution in [2.75, 3.05) is 18.4 Å². The third-order valence-corrected chi connectivity index (χ3v) is 3.43. The van der Waals surface area contributed by atoms with Gasteiger partial charge in [-0.2, -0.15) is 0 Å². The molecule has 9 heteroatoms. The third kappa shape index (κ3) is 4.18. The molecule has 24 heavy (non-hydrogen) atoms. The van der Waals surface area contributed by atoms with E-state index in [1.54, 1.807) is 20.8 Å². The number of hydrogen-bond donors (Lipinski definition) is 1. The number of likely N-dealkylation sites (tertiary alicyclic amines) is 1. The molecule has 1 fully saturated rings. The number of carbonyl (C=O) groups excluding carboxylic acids is 2. The molecule has 1 aliphatic rings. The zero-order valence-corrected chi connectivity index (χ0v) is 14.0. The summed E-state index contributed by atoms with van der Waals surface area (Å²) in [6.07, 6.45) is 0.907. The van der Waals surface area contributed by atoms with Gasteiger partial charge < -0.3 is 15.0 Å². The van der Waals surface area contributed by atoms with Gasteiger partial charge in [-0.15, -0.1) is 0 Å². The quantitative estimate of drug-likeness (QED) is 0.667. The fraction of sp³-hybridized carbons (Fsp3) is 0.533. The van der Waals surface area contributed by atoms with Crippen LogP contribution in [-0.2, 0) is 9.53 Å². The molecule has 0 aliphatic carbocycles. The van der Waals surface area contributed by atoms with Crippen LogP contribution in [0.2, 0.25) is 0 Å². The first-order chi connectivity index (χ1) is 11.1. The second-order valence-corrected chi connectivity index (χ2v) is 6.66. The molecule has 1 N–H and O–H groups in total. The SMILES string of the molecule is Cc1ncc(NC(=O)C2CN(C(=O)OC(C)(C)C)C2)cc1[N+](=O)[O-]. The van der Waals surface area contributed by atoms with Gasteiger partial charge in [0, 0.05) is 19.2 Å². The summed E-state index contributed by atoms with van der Waals surface area (Å²) in [4.78, 5) is 39.6. The second-order valence-electron chi connectivity index (χ2n) is 6.66. The lowest BCUT2D eigenvalue weighted by Crippen LogP contribution is -2.55. The summed E-state index contributed by atoms with van der Waals surface area (Å²) in [6, 6.07) is 1.27. The summed E-state index contributed by atoms with van der Waals surface area (Å²) in [5, 5.41) is 13.5. The molecule has 1 aromatic heterocycles. The van der Waals surface area contributed by atoms with Crippen LogP contribution in [0.25, 0.3) is 0 Å². The molecule has 0 unspecified atom stereocenters. The highest BCUT2D eigenvalue weighted by molar-refractivity contribution is 5.94. The van der Waals surface area contributed by atoms with Crippen LogP contribution in [0, 0.1) is 23.0 Å². The van der Waals surface area contributed by atoms with Crippen molar-refractivity contribution in [1.82, 2.24) is 9.88 Å². The summed E-state index contributed by atoms with van der Waals surface area (Å²) in [5.41, 5.74) is -0.209. The molecule has 0 radical (unpaired) electrons. The minimum atomic E-state index is -0.586. The lowest BCUT2D eigenvalue weighted by atomic mass is 10.00. The van der Waals surface area contributed by atoms with Gasteiger partial charge >= 0.3 is 6.09 Å². The lowest BCUT2D eigenvalue weighted by molar-refractivity contribution is -0.385. The molecular weight excluding hydrogens is 316 g/mol. The largest absolute Gasteiger partial charge is 0.444 e. The normalized spacial score (nSPS) is 14.8. The maximum atomic E-state index is 12.1. The first-order valence-corrected chi connectivity index (χ1v) is 7.46. The van der Waals surface area contributed by atoms with Crippen molar-refractivity contribution < 1.29 is 19.2 Å². The molecule has 2 rings (SSSR count). The van der Waals surface area contributed by atoms with Gasteiger partial charge in [-0.25, -0.2) is 4.79 Å². The van der Waals surface area contributed by atoms with Gasteiger partial charge in [-0.1, -0.05) is 0 Å². The van der Waals surface area contributed by atoms with E-state index in [4.69, 9.17) is 4.74 Å². The van der Waals surface area contributed by atoms with E-state index in [-0.39, 0.29) is 42.0 Å². The van der Waals surface area contributed by atoms with E-state index in [9.17, 15) is 19.7 Å². The number of hydrogen-bond acceptors (Lipinski definition) is 6. The van der Waals surface area contributed by atoms with Crippen LogP contribution < -0.4 is 5.32 Å². The van der Waals surface area contributed by atoms with Gasteiger partial charge in [0.1, 0.15) is 11.3 Å². The van der Waals surface area contributed by atoms with Crippen LogP contribution in [0.5, 0.6) is 0 Å². The Labute approximate surface area is 139 Å². The average Bonchev–Trinajstić information content (AvgIpc) is 2.36. The van der Waals surface area contributed by atoms with E-state index in [1.807, 2.05) is 0 Å². The maximum absolute atomic E-state index is 12.1. The van der Waals surface area contributed by atoms with Crippen molar-refractivity contribution in [3.8, 4) is 0 Å². The minimum absolute atomic E-state index is 0.156. The number of aryl methyl sites for hydroxylation is 1. The van der Waals surface area contributed by atoms with Crippen LogP contribution >= 0.6 is 0 Å². The molecule has 1 aliphatic heterocycles. The molecule has 0 atom stereocenters. The van der Waals surface area contributed by atoms with Crippen LogP contribution in [0.1, 0.15) is 26.5 Å². The predicted octanol–water partition coefficient (Wildman–Crippen LogP) is 2.10. The fourth-order valence-electron chi connectivity index (χ4n) is 2.14. The van der Waals surface area contributed by atoms with Crippen LogP contribution in [0.15, 0.2) is 12.3 Å². The highest BCUT2D eigenvalue weighted by atomic mass is 16.6. The van der Waals surface area contributed by atoms with Crippen LogP contribution in [0.3, 0.4) is 0 Å². The number of ether oxygens (including phenoxy) is 1. The lowest BCUT2D eigenvalue weighted by Gasteiger charge is -2.38. The van der Waals surface area contributed by atoms with Gasteiger partial charge in [0.15, 0.2) is 0 Å². The van der Waals surface area contributed by atoms with Crippen molar-refractivity contribution in [2.45, 2.75) is 33.3 Å². The number of aromatic nitrogens is 1. The van der Waals surface area contributed by atoms with E-state index in [2.05, 4.69) is 10.3 Å². The highest BCUT2D eigenvalue weighted by Gasteiger charge is 2.38. The van der Waals surface area contributed by atoms with Gasteiger partial charge in [-0.3, -0.25) is 19.9 Å². The van der Waals surface area contributed by atoms with Crippen LogP contribution in [-0.4, -0.2) is 45.5 Å². The average molecular weight is 336 g/mol. The molecule has 2 amide bonds. The second kappa shape index (κ2) is 6.42. The van der Waals surface area contributed by atoms with Crippen molar-refractivity contribution in [3.63, 3.8) is 0 Å². The van der Waals surface area contributed by atoms with E-state index >= 15 is 0 Å². The number of anilines is 1. The molecule has 1 aromatic rings. The molecule has 0 saturated carbocycles. The molecule has 2 heterocycles. The van der Waals surface area contributed by atoms with Gasteiger partial charge in [0.2, 0.25) is 5.91 Å². The first-order valence-electron chi connectivity index (χ1n) is 7.46. The van der Waals surface area contributed by atoms with Crippen molar-refractivity contribution in [3.05, 3.63) is 28.1 Å². The topological polar surface area (TPSA) is 115 Å². The van der Waals surface area contributed by atoms with E-state index in [0.717, 1.165) is 0 Å². The first kappa shape index (κ1) is 17.6. The van der Waals surface area contributed by atoms with Gasteiger partial charge in [0.05, 0.1) is 22.7 Å². The Morgan fingerprint density at radius 3 is 2.58 bits per heavy atom. The summed E-state index contributed by atoms with van der Waals surface area (Å²) >= 11 is 0. The number of rotatable bonds is 3. The Hall–Kier alpha value is -2.71. The van der Waals surface area contributed by atoms with Gasteiger partial charge in [-0.05, 0) is 27.7 Å². The number of nitrogens with zero attached hydrogens (tertiary/aromatic N) is 3. The third-order valence-electron chi connectivity index (χ3n) is 3.43. The molecule has 9 nitrogen and oxygen atoms in total. The zero-order valence-electron chi connectivity index (χ0n) is 14.0. The molecular formula is C15H20N4O5. The Morgan fingerprint density at radius 1 is 1.42 bits per heavy atom. The molecule has 0 bridgehead atoms. The Kier molecular flexibility index (Phi) is 4.72. The number of amides is 2. The Balaban J connectivity index is 1.90. The van der Waals surface area contributed by atoms with Crippen molar-refractivity contribution in [1.29, 1.82) is 0 Å². The summed E-state index contributed by atoms with van der Waals surface area (Å²) in [6.45, 7) is 7.34. The standard InChI is InChI=1S/C15H20N4O5/c1-9-12(19(22)23)5-11(6-16-9)17-13(20)10-7-18(8-10)14(21)24-15(2,3)4/h5-6,10H,7-8H2,1-4H3,(H,17,20). The molecule has 0 spiro atoms. The smallest absolute Gasteiger partial charge is 0.410 e. The van der Waals surface area contributed by atoms with Crippen molar-refractivity contribution in [2.24, 2.45) is 5.92 Å². The summed E-state index contributed by atoms with van der Waals surface area (Å²) < 4.78 is 5.21. The number of pyridine rings is 1. The van der Waals surface area contributed by atoms with Gasteiger partial charge in [0.25, 0.3) is 5.69 Å². The molecule has 1 saturated heterocycles. The highest BCUT2D eigenvalue weighted by Crippen LogP contribution is 2.23. The Bertz CT molecular complexity index is 677. The summed E-state index contributed by atoms with van der Waals surface area (Å²) in [7, 11) is 0. The maximum Gasteiger partial charge on any atom is 0.410 e. The molecule has 0 aromatic carbocycles. The number of nitro groups is 1. The predicted molar refractivity (Wildman–Crippen MR) is 85.6 cm³/mol. The minimum Gasteiger partial charge on any atom is -0.444 e. The summed E-state index contributed by atoms with van der Waals surface area (Å²) in [5.74, 6) is -0.687. The fourth-order valence-corrected chi connectivity index (χ4v) is 2.14. The zero-order chi connectivity index (χ0) is 18.1. The molecule has 130 valence electrons. The number of nitrogens with one attached hydrogen (secondary N) is 1. The van der Waals surface area contributed by atoms with E-state index in [0.29, 0.717) is 0 Å².